The van der Waals surface area contributed by atoms with Gasteiger partial charge in [0.15, 0.2) is 0 Å². The quantitative estimate of drug-likeness (QED) is 0.881. The molecule has 0 aromatic heterocycles. The molecule has 2 aromatic rings. The van der Waals surface area contributed by atoms with Crippen molar-refractivity contribution in [2.24, 2.45) is 0 Å². The highest BCUT2D eigenvalue weighted by Gasteiger charge is 2.51. The highest BCUT2D eigenvalue weighted by Crippen LogP contribution is 2.49. The molecule has 0 bridgehead atoms. The lowest BCUT2D eigenvalue weighted by atomic mass is 9.95. The van der Waals surface area contributed by atoms with Crippen LogP contribution in [-0.2, 0) is 10.2 Å². The van der Waals surface area contributed by atoms with E-state index in [4.69, 9.17) is 27.9 Å². The Morgan fingerprint density at radius 2 is 1.82 bits per heavy atom. The van der Waals surface area contributed by atoms with Crippen LogP contribution in [0.1, 0.15) is 18.4 Å². The second-order valence-corrected chi connectivity index (χ2v) is 6.23. The molecule has 1 saturated carbocycles. The number of carbonyl (C=O) groups excluding carboxylic acids is 1. The molecular formula is C17H15Cl2NO2. The van der Waals surface area contributed by atoms with Crippen LogP contribution in [0.15, 0.2) is 42.5 Å². The first-order valence-corrected chi connectivity index (χ1v) is 7.72. The second kappa shape index (κ2) is 5.82. The van der Waals surface area contributed by atoms with Gasteiger partial charge in [-0.1, -0.05) is 35.3 Å². The minimum absolute atomic E-state index is 0.0399. The predicted molar refractivity (Wildman–Crippen MR) is 89.0 cm³/mol. The molecule has 1 aliphatic rings. The van der Waals surface area contributed by atoms with Gasteiger partial charge in [0.2, 0.25) is 5.91 Å². The molecule has 2 aromatic carbocycles. The van der Waals surface area contributed by atoms with Gasteiger partial charge in [0, 0.05) is 11.1 Å². The summed E-state index contributed by atoms with van der Waals surface area (Å²) in [6, 6.07) is 12.6. The lowest BCUT2D eigenvalue weighted by Gasteiger charge is -2.17. The number of halogens is 2. The second-order valence-electron chi connectivity index (χ2n) is 5.39. The molecule has 0 saturated heterocycles. The number of carbonyl (C=O) groups is 1. The maximum atomic E-state index is 12.7. The zero-order chi connectivity index (χ0) is 15.7. The summed E-state index contributed by atoms with van der Waals surface area (Å²) >= 11 is 12.1. The van der Waals surface area contributed by atoms with Crippen molar-refractivity contribution in [3.8, 4) is 5.75 Å². The van der Waals surface area contributed by atoms with E-state index in [1.807, 2.05) is 24.3 Å². The summed E-state index contributed by atoms with van der Waals surface area (Å²) in [7, 11) is 1.57. The van der Waals surface area contributed by atoms with Gasteiger partial charge in [-0.3, -0.25) is 4.79 Å². The summed E-state index contributed by atoms with van der Waals surface area (Å²) in [5, 5.41) is 4.04. The number of benzene rings is 2. The highest BCUT2D eigenvalue weighted by atomic mass is 35.5. The molecule has 1 fully saturated rings. The van der Waals surface area contributed by atoms with Gasteiger partial charge in [0.1, 0.15) is 5.75 Å². The molecule has 3 rings (SSSR count). The third-order valence-electron chi connectivity index (χ3n) is 4.01. The van der Waals surface area contributed by atoms with Gasteiger partial charge in [-0.05, 0) is 42.7 Å². The van der Waals surface area contributed by atoms with Crippen LogP contribution in [0.4, 0.5) is 5.69 Å². The maximum absolute atomic E-state index is 12.7. The molecule has 0 aliphatic heterocycles. The smallest absolute Gasteiger partial charge is 0.235 e. The number of amides is 1. The summed E-state index contributed by atoms with van der Waals surface area (Å²) in [6.45, 7) is 0. The van der Waals surface area contributed by atoms with Crippen molar-refractivity contribution in [2.45, 2.75) is 18.3 Å². The first-order valence-electron chi connectivity index (χ1n) is 6.96. The van der Waals surface area contributed by atoms with Crippen LogP contribution in [0.5, 0.6) is 5.75 Å². The van der Waals surface area contributed by atoms with Gasteiger partial charge in [-0.15, -0.1) is 0 Å². The number of rotatable bonds is 4. The molecular weight excluding hydrogens is 321 g/mol. The van der Waals surface area contributed by atoms with Crippen molar-refractivity contribution >= 4 is 34.8 Å². The number of ether oxygens (including phenoxy) is 1. The molecule has 0 radical (unpaired) electrons. The Bertz CT molecular complexity index is 709. The van der Waals surface area contributed by atoms with Crippen LogP contribution in [0, 0.1) is 0 Å². The average molecular weight is 336 g/mol. The minimum atomic E-state index is -0.464. The topological polar surface area (TPSA) is 38.3 Å². The van der Waals surface area contributed by atoms with E-state index >= 15 is 0 Å². The molecule has 1 N–H and O–H groups in total. The largest absolute Gasteiger partial charge is 0.497 e. The molecule has 3 nitrogen and oxygen atoms in total. The van der Waals surface area contributed by atoms with Crippen molar-refractivity contribution in [2.75, 3.05) is 12.4 Å². The normalized spacial score (nSPS) is 15.2. The lowest BCUT2D eigenvalue weighted by molar-refractivity contribution is -0.118. The van der Waals surface area contributed by atoms with E-state index in [0.29, 0.717) is 21.5 Å². The third kappa shape index (κ3) is 2.79. The SMILES string of the molecule is COc1ccc(NC(=O)C2(c3ccc(Cl)cc3)CC2)c(Cl)c1. The van der Waals surface area contributed by atoms with Crippen molar-refractivity contribution in [1.82, 2.24) is 0 Å². The van der Waals surface area contributed by atoms with Gasteiger partial charge in [-0.25, -0.2) is 0 Å². The maximum Gasteiger partial charge on any atom is 0.235 e. The van der Waals surface area contributed by atoms with E-state index in [1.54, 1.807) is 25.3 Å². The standard InChI is InChI=1S/C17H15Cl2NO2/c1-22-13-6-7-15(14(19)10-13)20-16(21)17(8-9-17)11-2-4-12(18)5-3-11/h2-7,10H,8-9H2,1H3,(H,20,21). The van der Waals surface area contributed by atoms with E-state index in [9.17, 15) is 4.79 Å². The van der Waals surface area contributed by atoms with Gasteiger partial charge < -0.3 is 10.1 Å². The molecule has 22 heavy (non-hydrogen) atoms. The van der Waals surface area contributed by atoms with Crippen molar-refractivity contribution in [3.05, 3.63) is 58.1 Å². The number of hydrogen-bond donors (Lipinski definition) is 1. The van der Waals surface area contributed by atoms with Crippen LogP contribution in [-0.4, -0.2) is 13.0 Å². The van der Waals surface area contributed by atoms with Crippen LogP contribution < -0.4 is 10.1 Å². The number of nitrogens with one attached hydrogen (secondary N) is 1. The average Bonchev–Trinajstić information content (AvgIpc) is 3.31. The zero-order valence-corrected chi connectivity index (χ0v) is 13.5. The number of hydrogen-bond acceptors (Lipinski definition) is 2. The van der Waals surface area contributed by atoms with Crippen LogP contribution in [0.2, 0.25) is 10.0 Å². The van der Waals surface area contributed by atoms with E-state index in [0.717, 1.165) is 18.4 Å². The van der Waals surface area contributed by atoms with Crippen LogP contribution in [0.3, 0.4) is 0 Å². The fraction of sp³-hybridized carbons (Fsp3) is 0.235. The molecule has 0 spiro atoms. The van der Waals surface area contributed by atoms with Gasteiger partial charge >= 0.3 is 0 Å². The first-order chi connectivity index (χ1) is 10.5. The molecule has 1 aliphatic carbocycles. The zero-order valence-electron chi connectivity index (χ0n) is 12.0. The summed E-state index contributed by atoms with van der Waals surface area (Å²) in [6.07, 6.45) is 1.66. The minimum Gasteiger partial charge on any atom is -0.497 e. The Morgan fingerprint density at radius 3 is 2.36 bits per heavy atom. The van der Waals surface area contributed by atoms with Gasteiger partial charge in [0.25, 0.3) is 0 Å². The Balaban J connectivity index is 1.81. The van der Waals surface area contributed by atoms with Crippen molar-refractivity contribution in [1.29, 1.82) is 0 Å². The van der Waals surface area contributed by atoms with Crippen molar-refractivity contribution in [3.63, 3.8) is 0 Å². The van der Waals surface area contributed by atoms with Gasteiger partial charge in [0.05, 0.1) is 23.2 Å². The summed E-state index contributed by atoms with van der Waals surface area (Å²) in [4.78, 5) is 12.7. The summed E-state index contributed by atoms with van der Waals surface area (Å²) < 4.78 is 5.11. The van der Waals surface area contributed by atoms with E-state index in [1.165, 1.54) is 0 Å². The van der Waals surface area contributed by atoms with E-state index in [-0.39, 0.29) is 5.91 Å². The molecule has 0 unspecified atom stereocenters. The summed E-state index contributed by atoms with van der Waals surface area (Å²) in [5.74, 6) is 0.615. The van der Waals surface area contributed by atoms with Crippen LogP contribution in [0.25, 0.3) is 0 Å². The van der Waals surface area contributed by atoms with E-state index in [2.05, 4.69) is 5.32 Å². The lowest BCUT2D eigenvalue weighted by Crippen LogP contribution is -2.27. The highest BCUT2D eigenvalue weighted by molar-refractivity contribution is 6.34. The Kier molecular flexibility index (Phi) is 4.02. The van der Waals surface area contributed by atoms with Crippen molar-refractivity contribution < 1.29 is 9.53 Å². The number of methoxy groups -OCH3 is 1. The monoisotopic (exact) mass is 335 g/mol. The third-order valence-corrected chi connectivity index (χ3v) is 4.57. The molecule has 5 heteroatoms. The fourth-order valence-electron chi connectivity index (χ4n) is 2.51. The molecule has 0 atom stereocenters. The number of anilines is 1. The summed E-state index contributed by atoms with van der Waals surface area (Å²) in [5.41, 5.74) is 1.11. The molecule has 0 heterocycles. The Morgan fingerprint density at radius 1 is 1.14 bits per heavy atom. The first kappa shape index (κ1) is 15.2. The van der Waals surface area contributed by atoms with Gasteiger partial charge in [-0.2, -0.15) is 0 Å². The Hall–Kier alpha value is -1.71. The van der Waals surface area contributed by atoms with Crippen LogP contribution >= 0.6 is 23.2 Å². The fourth-order valence-corrected chi connectivity index (χ4v) is 2.85. The predicted octanol–water partition coefficient (Wildman–Crippen LogP) is 4.67. The molecule has 114 valence electrons. The molecule has 1 amide bonds. The Labute approximate surface area is 139 Å². The van der Waals surface area contributed by atoms with E-state index < -0.39 is 5.41 Å².